The highest BCUT2D eigenvalue weighted by molar-refractivity contribution is 6.30. The Morgan fingerprint density at radius 2 is 2.24 bits per heavy atom. The highest BCUT2D eigenvalue weighted by Crippen LogP contribution is 2.24. The van der Waals surface area contributed by atoms with Gasteiger partial charge in [0.05, 0.1) is 11.1 Å². The van der Waals surface area contributed by atoms with Gasteiger partial charge in [-0.3, -0.25) is 0 Å². The van der Waals surface area contributed by atoms with Crippen LogP contribution in [-0.2, 0) is 6.54 Å². The number of halogens is 2. The maximum atomic E-state index is 12.9. The van der Waals surface area contributed by atoms with Crippen molar-refractivity contribution in [2.24, 2.45) is 5.92 Å². The summed E-state index contributed by atoms with van der Waals surface area (Å²) < 4.78 is 12.9. The highest BCUT2D eigenvalue weighted by Gasteiger charge is 2.21. The Balaban J connectivity index is 1.76. The fourth-order valence-corrected chi connectivity index (χ4v) is 2.51. The quantitative estimate of drug-likeness (QED) is 0.869. The lowest BCUT2D eigenvalue weighted by molar-refractivity contribution is 0.177. The SMILES string of the molecule is OC1CCC(CNCc2ccc(F)c(Cl)c2)C1. The number of rotatable bonds is 4. The summed E-state index contributed by atoms with van der Waals surface area (Å²) in [5.41, 5.74) is 0.981. The Kier molecular flexibility index (Phi) is 4.37. The van der Waals surface area contributed by atoms with Crippen LogP contribution in [0.1, 0.15) is 24.8 Å². The van der Waals surface area contributed by atoms with Gasteiger partial charge in [-0.05, 0) is 49.4 Å². The van der Waals surface area contributed by atoms with Crippen molar-refractivity contribution < 1.29 is 9.50 Å². The molecule has 4 heteroatoms. The van der Waals surface area contributed by atoms with Crippen molar-refractivity contribution in [3.63, 3.8) is 0 Å². The first-order chi connectivity index (χ1) is 8.15. The minimum Gasteiger partial charge on any atom is -0.393 e. The first-order valence-electron chi connectivity index (χ1n) is 5.98. The van der Waals surface area contributed by atoms with Crippen LogP contribution in [0, 0.1) is 11.7 Å². The van der Waals surface area contributed by atoms with Gasteiger partial charge in [-0.25, -0.2) is 4.39 Å². The van der Waals surface area contributed by atoms with Gasteiger partial charge in [-0.15, -0.1) is 0 Å². The molecule has 1 aliphatic carbocycles. The second-order valence-electron chi connectivity index (χ2n) is 4.71. The lowest BCUT2D eigenvalue weighted by atomic mass is 10.1. The third kappa shape index (κ3) is 3.66. The molecule has 0 spiro atoms. The van der Waals surface area contributed by atoms with Crippen molar-refractivity contribution in [2.45, 2.75) is 31.9 Å². The lowest BCUT2D eigenvalue weighted by Gasteiger charge is -2.11. The van der Waals surface area contributed by atoms with Crippen LogP contribution in [0.2, 0.25) is 5.02 Å². The Hall–Kier alpha value is -0.640. The highest BCUT2D eigenvalue weighted by atomic mass is 35.5. The number of nitrogens with one attached hydrogen (secondary N) is 1. The van der Waals surface area contributed by atoms with Crippen LogP contribution < -0.4 is 5.32 Å². The third-order valence-electron chi connectivity index (χ3n) is 3.26. The maximum Gasteiger partial charge on any atom is 0.141 e. The van der Waals surface area contributed by atoms with E-state index < -0.39 is 0 Å². The molecule has 0 aliphatic heterocycles. The van der Waals surface area contributed by atoms with Gasteiger partial charge in [0.25, 0.3) is 0 Å². The summed E-state index contributed by atoms with van der Waals surface area (Å²) in [6.07, 6.45) is 2.76. The van der Waals surface area contributed by atoms with Crippen LogP contribution in [0.25, 0.3) is 0 Å². The van der Waals surface area contributed by atoms with E-state index in [0.29, 0.717) is 12.5 Å². The first kappa shape index (κ1) is 12.8. The molecule has 2 rings (SSSR count). The van der Waals surface area contributed by atoms with Crippen LogP contribution >= 0.6 is 11.6 Å². The summed E-state index contributed by atoms with van der Waals surface area (Å²) in [7, 11) is 0. The summed E-state index contributed by atoms with van der Waals surface area (Å²) in [6, 6.07) is 4.77. The average molecular weight is 258 g/mol. The van der Waals surface area contributed by atoms with Crippen molar-refractivity contribution in [2.75, 3.05) is 6.54 Å². The second-order valence-corrected chi connectivity index (χ2v) is 5.12. The van der Waals surface area contributed by atoms with Gasteiger partial charge < -0.3 is 10.4 Å². The zero-order chi connectivity index (χ0) is 12.3. The molecule has 0 bridgehead atoms. The van der Waals surface area contributed by atoms with Gasteiger partial charge in [0.1, 0.15) is 5.82 Å². The topological polar surface area (TPSA) is 32.3 Å². The van der Waals surface area contributed by atoms with E-state index in [1.807, 2.05) is 0 Å². The van der Waals surface area contributed by atoms with Gasteiger partial charge in [0.15, 0.2) is 0 Å². The van der Waals surface area contributed by atoms with Gasteiger partial charge in [-0.2, -0.15) is 0 Å². The number of hydrogen-bond donors (Lipinski definition) is 2. The molecule has 0 heterocycles. The van der Waals surface area contributed by atoms with E-state index in [0.717, 1.165) is 31.4 Å². The van der Waals surface area contributed by atoms with E-state index in [4.69, 9.17) is 11.6 Å². The smallest absolute Gasteiger partial charge is 0.141 e. The van der Waals surface area contributed by atoms with Gasteiger partial charge in [0.2, 0.25) is 0 Å². The molecule has 0 amide bonds. The van der Waals surface area contributed by atoms with Crippen molar-refractivity contribution in [3.05, 3.63) is 34.6 Å². The van der Waals surface area contributed by atoms with Crippen molar-refractivity contribution in [3.8, 4) is 0 Å². The summed E-state index contributed by atoms with van der Waals surface area (Å²) in [6.45, 7) is 1.58. The molecule has 0 aromatic heterocycles. The molecule has 2 nitrogen and oxygen atoms in total. The Morgan fingerprint density at radius 1 is 1.41 bits per heavy atom. The molecule has 2 N–H and O–H groups in total. The van der Waals surface area contributed by atoms with Crippen LogP contribution in [-0.4, -0.2) is 17.8 Å². The molecule has 1 aliphatic rings. The van der Waals surface area contributed by atoms with Crippen LogP contribution in [0.5, 0.6) is 0 Å². The van der Waals surface area contributed by atoms with Crippen molar-refractivity contribution in [1.29, 1.82) is 0 Å². The van der Waals surface area contributed by atoms with Crippen molar-refractivity contribution >= 4 is 11.6 Å². The Morgan fingerprint density at radius 3 is 2.88 bits per heavy atom. The number of hydrogen-bond acceptors (Lipinski definition) is 2. The normalized spacial score (nSPS) is 24.2. The number of benzene rings is 1. The van der Waals surface area contributed by atoms with Crippen LogP contribution in [0.3, 0.4) is 0 Å². The van der Waals surface area contributed by atoms with E-state index in [2.05, 4.69) is 5.32 Å². The summed E-state index contributed by atoms with van der Waals surface area (Å²) in [4.78, 5) is 0. The van der Waals surface area contributed by atoms with Gasteiger partial charge in [-0.1, -0.05) is 17.7 Å². The fraction of sp³-hybridized carbons (Fsp3) is 0.538. The molecule has 2 atom stereocenters. The minimum absolute atomic E-state index is 0.123. The van der Waals surface area contributed by atoms with E-state index >= 15 is 0 Å². The molecule has 1 fully saturated rings. The van der Waals surface area contributed by atoms with Gasteiger partial charge in [0, 0.05) is 6.54 Å². The Labute approximate surface area is 106 Å². The van der Waals surface area contributed by atoms with E-state index in [1.165, 1.54) is 6.07 Å². The molecule has 94 valence electrons. The minimum atomic E-state index is -0.380. The number of aliphatic hydroxyl groups excluding tert-OH is 1. The fourth-order valence-electron chi connectivity index (χ4n) is 2.30. The molecule has 2 unspecified atom stereocenters. The maximum absolute atomic E-state index is 12.9. The molecule has 0 radical (unpaired) electrons. The lowest BCUT2D eigenvalue weighted by Crippen LogP contribution is -2.21. The van der Waals surface area contributed by atoms with Crippen molar-refractivity contribution in [1.82, 2.24) is 5.32 Å². The molecule has 1 aromatic rings. The van der Waals surface area contributed by atoms with Crippen LogP contribution in [0.4, 0.5) is 4.39 Å². The second kappa shape index (κ2) is 5.80. The summed E-state index contributed by atoms with van der Waals surface area (Å²) >= 11 is 5.70. The predicted molar refractivity (Wildman–Crippen MR) is 66.5 cm³/mol. The third-order valence-corrected chi connectivity index (χ3v) is 3.55. The molecule has 0 saturated heterocycles. The Bertz CT molecular complexity index is 386. The average Bonchev–Trinajstić information content (AvgIpc) is 2.70. The zero-order valence-electron chi connectivity index (χ0n) is 9.63. The summed E-state index contributed by atoms with van der Waals surface area (Å²) in [5, 5.41) is 12.9. The zero-order valence-corrected chi connectivity index (χ0v) is 10.4. The van der Waals surface area contributed by atoms with E-state index in [-0.39, 0.29) is 16.9 Å². The molecular weight excluding hydrogens is 241 g/mol. The molecule has 17 heavy (non-hydrogen) atoms. The molecular formula is C13H17ClFNO. The van der Waals surface area contributed by atoms with E-state index in [1.54, 1.807) is 12.1 Å². The van der Waals surface area contributed by atoms with Gasteiger partial charge >= 0.3 is 0 Å². The molecule has 1 saturated carbocycles. The number of aliphatic hydroxyl groups is 1. The monoisotopic (exact) mass is 257 g/mol. The van der Waals surface area contributed by atoms with Crippen LogP contribution in [0.15, 0.2) is 18.2 Å². The standard InChI is InChI=1S/C13H17ClFNO/c14-12-6-10(2-4-13(12)15)8-16-7-9-1-3-11(17)5-9/h2,4,6,9,11,16-17H,1,3,5,7-8H2. The predicted octanol–water partition coefficient (Wildman–Crippen LogP) is 2.73. The molecule has 1 aromatic carbocycles. The van der Waals surface area contributed by atoms with E-state index in [9.17, 15) is 9.50 Å². The summed E-state index contributed by atoms with van der Waals surface area (Å²) in [5.74, 6) is 0.176. The first-order valence-corrected chi connectivity index (χ1v) is 6.35. The largest absolute Gasteiger partial charge is 0.393 e.